The lowest BCUT2D eigenvalue weighted by Crippen LogP contribution is -2.24. The predicted octanol–water partition coefficient (Wildman–Crippen LogP) is 1.81. The molecular formula is C12H12F2N2O. The van der Waals surface area contributed by atoms with Crippen molar-refractivity contribution < 1.29 is 13.6 Å². The van der Waals surface area contributed by atoms with Gasteiger partial charge in [-0.05, 0) is 18.6 Å². The van der Waals surface area contributed by atoms with Gasteiger partial charge in [0.15, 0.2) is 0 Å². The summed E-state index contributed by atoms with van der Waals surface area (Å²) < 4.78 is 25.9. The highest BCUT2D eigenvalue weighted by atomic mass is 19.1. The molecule has 0 aromatic heterocycles. The van der Waals surface area contributed by atoms with Gasteiger partial charge in [0.1, 0.15) is 11.6 Å². The smallest absolute Gasteiger partial charge is 0.231 e. The lowest BCUT2D eigenvalue weighted by Gasteiger charge is -2.11. The van der Waals surface area contributed by atoms with Crippen molar-refractivity contribution in [3.8, 4) is 0 Å². The number of amides is 1. The summed E-state index contributed by atoms with van der Waals surface area (Å²) in [7, 11) is 0. The Morgan fingerprint density at radius 2 is 2.12 bits per heavy atom. The zero-order chi connectivity index (χ0) is 12.4. The lowest BCUT2D eigenvalue weighted by atomic mass is 10.1. The second-order valence-corrected chi connectivity index (χ2v) is 4.00. The summed E-state index contributed by atoms with van der Waals surface area (Å²) in [6, 6.07) is 2.88. The highest BCUT2D eigenvalue weighted by Crippen LogP contribution is 2.20. The van der Waals surface area contributed by atoms with Gasteiger partial charge in [0.25, 0.3) is 0 Å². The van der Waals surface area contributed by atoms with E-state index < -0.39 is 11.6 Å². The fourth-order valence-electron chi connectivity index (χ4n) is 1.74. The Morgan fingerprint density at radius 1 is 1.35 bits per heavy atom. The largest absolute Gasteiger partial charge is 0.324 e. The molecule has 2 rings (SSSR count). The number of carbonyl (C=O) groups excluding carboxylic acids is 1. The summed E-state index contributed by atoms with van der Waals surface area (Å²) in [4.78, 5) is 11.7. The topological polar surface area (TPSA) is 55.1 Å². The number of nitrogens with two attached hydrogens (primary N) is 1. The van der Waals surface area contributed by atoms with Crippen LogP contribution in [0, 0.1) is 17.6 Å². The maximum absolute atomic E-state index is 13.3. The molecule has 0 fully saturated rings. The van der Waals surface area contributed by atoms with E-state index in [9.17, 15) is 13.6 Å². The Kier molecular flexibility index (Phi) is 3.19. The molecule has 2 unspecified atom stereocenters. The minimum Gasteiger partial charge on any atom is -0.324 e. The van der Waals surface area contributed by atoms with Crippen molar-refractivity contribution in [3.63, 3.8) is 0 Å². The molecule has 1 aliphatic carbocycles. The van der Waals surface area contributed by atoms with Gasteiger partial charge in [0.05, 0.1) is 11.6 Å². The molecule has 17 heavy (non-hydrogen) atoms. The number of hydrogen-bond acceptors (Lipinski definition) is 2. The van der Waals surface area contributed by atoms with Gasteiger partial charge in [-0.2, -0.15) is 0 Å². The van der Waals surface area contributed by atoms with Crippen LogP contribution in [-0.4, -0.2) is 11.9 Å². The third-order valence-electron chi connectivity index (χ3n) is 2.64. The summed E-state index contributed by atoms with van der Waals surface area (Å²) in [5, 5.41) is 2.41. The third-order valence-corrected chi connectivity index (χ3v) is 2.64. The zero-order valence-corrected chi connectivity index (χ0v) is 8.99. The van der Waals surface area contributed by atoms with E-state index in [1.807, 2.05) is 0 Å². The average Bonchev–Trinajstić information content (AvgIpc) is 2.69. The first-order chi connectivity index (χ1) is 8.06. The summed E-state index contributed by atoms with van der Waals surface area (Å²) in [6.07, 6.45) is 3.95. The van der Waals surface area contributed by atoms with E-state index in [-0.39, 0.29) is 23.6 Å². The van der Waals surface area contributed by atoms with E-state index in [0.717, 1.165) is 12.1 Å². The van der Waals surface area contributed by atoms with Crippen LogP contribution in [0.3, 0.4) is 0 Å². The maximum atomic E-state index is 13.3. The molecule has 2 atom stereocenters. The van der Waals surface area contributed by atoms with Crippen molar-refractivity contribution in [2.75, 3.05) is 5.32 Å². The van der Waals surface area contributed by atoms with Crippen molar-refractivity contribution in [2.45, 2.75) is 12.5 Å². The van der Waals surface area contributed by atoms with Crippen LogP contribution in [0.5, 0.6) is 0 Å². The quantitative estimate of drug-likeness (QED) is 0.772. The number of anilines is 1. The highest BCUT2D eigenvalue weighted by molar-refractivity contribution is 5.94. The van der Waals surface area contributed by atoms with Crippen LogP contribution in [-0.2, 0) is 4.79 Å². The predicted molar refractivity (Wildman–Crippen MR) is 60.2 cm³/mol. The number of rotatable bonds is 2. The van der Waals surface area contributed by atoms with Crippen LogP contribution in [0.25, 0.3) is 0 Å². The van der Waals surface area contributed by atoms with E-state index in [0.29, 0.717) is 6.42 Å². The molecule has 3 nitrogen and oxygen atoms in total. The Labute approximate surface area is 97.3 Å². The van der Waals surface area contributed by atoms with Crippen molar-refractivity contribution in [2.24, 2.45) is 11.7 Å². The number of halogens is 2. The molecule has 0 saturated carbocycles. The van der Waals surface area contributed by atoms with Gasteiger partial charge in [-0.25, -0.2) is 8.78 Å². The summed E-state index contributed by atoms with van der Waals surface area (Å²) in [5.74, 6) is -2.15. The van der Waals surface area contributed by atoms with Crippen molar-refractivity contribution in [3.05, 3.63) is 42.0 Å². The highest BCUT2D eigenvalue weighted by Gasteiger charge is 2.23. The number of nitrogens with one attached hydrogen (secondary N) is 1. The average molecular weight is 238 g/mol. The van der Waals surface area contributed by atoms with Crippen molar-refractivity contribution in [1.82, 2.24) is 0 Å². The molecular weight excluding hydrogens is 226 g/mol. The molecule has 0 radical (unpaired) electrons. The maximum Gasteiger partial charge on any atom is 0.231 e. The van der Waals surface area contributed by atoms with E-state index >= 15 is 0 Å². The van der Waals surface area contributed by atoms with Crippen LogP contribution in [0.1, 0.15) is 6.42 Å². The minimum absolute atomic E-state index is 0.0229. The first-order valence-corrected chi connectivity index (χ1v) is 5.26. The van der Waals surface area contributed by atoms with E-state index in [1.54, 1.807) is 12.2 Å². The zero-order valence-electron chi connectivity index (χ0n) is 8.99. The molecule has 1 amide bonds. The van der Waals surface area contributed by atoms with Gasteiger partial charge in [-0.3, -0.25) is 4.79 Å². The molecule has 0 heterocycles. The lowest BCUT2D eigenvalue weighted by molar-refractivity contribution is -0.118. The van der Waals surface area contributed by atoms with Gasteiger partial charge < -0.3 is 11.1 Å². The summed E-state index contributed by atoms with van der Waals surface area (Å²) in [6.45, 7) is 0. The SMILES string of the molecule is NC1C=CC(C(=O)Nc2ccc(F)cc2F)C1. The monoisotopic (exact) mass is 238 g/mol. The van der Waals surface area contributed by atoms with Crippen LogP contribution in [0.4, 0.5) is 14.5 Å². The van der Waals surface area contributed by atoms with Crippen molar-refractivity contribution in [1.29, 1.82) is 0 Å². The summed E-state index contributed by atoms with van der Waals surface area (Å²) >= 11 is 0. The molecule has 1 aromatic carbocycles. The van der Waals surface area contributed by atoms with Crippen LogP contribution in [0.2, 0.25) is 0 Å². The fraction of sp³-hybridized carbons (Fsp3) is 0.250. The van der Waals surface area contributed by atoms with E-state index in [2.05, 4.69) is 5.32 Å². The number of benzene rings is 1. The molecule has 0 bridgehead atoms. The molecule has 0 spiro atoms. The van der Waals surface area contributed by atoms with E-state index in [4.69, 9.17) is 5.73 Å². The summed E-state index contributed by atoms with van der Waals surface area (Å²) in [5.41, 5.74) is 5.59. The Morgan fingerprint density at radius 3 is 2.71 bits per heavy atom. The molecule has 0 aliphatic heterocycles. The first-order valence-electron chi connectivity index (χ1n) is 5.26. The standard InChI is InChI=1S/C12H12F2N2O/c13-8-2-4-11(10(14)6-8)16-12(17)7-1-3-9(15)5-7/h1-4,6-7,9H,5,15H2,(H,16,17). The molecule has 1 aromatic rings. The van der Waals surface area contributed by atoms with Gasteiger partial charge in [-0.15, -0.1) is 0 Å². The van der Waals surface area contributed by atoms with Gasteiger partial charge >= 0.3 is 0 Å². The number of hydrogen-bond donors (Lipinski definition) is 2. The molecule has 1 aliphatic rings. The fourth-order valence-corrected chi connectivity index (χ4v) is 1.74. The molecule has 90 valence electrons. The van der Waals surface area contributed by atoms with Gasteiger partial charge in [0, 0.05) is 12.1 Å². The Hall–Kier alpha value is -1.75. The normalized spacial score (nSPS) is 22.8. The van der Waals surface area contributed by atoms with Crippen LogP contribution in [0.15, 0.2) is 30.4 Å². The first kappa shape index (κ1) is 11.7. The Balaban J connectivity index is 2.06. The molecule has 0 saturated heterocycles. The van der Waals surface area contributed by atoms with Crippen LogP contribution < -0.4 is 11.1 Å². The van der Waals surface area contributed by atoms with Gasteiger partial charge in [0.2, 0.25) is 5.91 Å². The van der Waals surface area contributed by atoms with Crippen LogP contribution >= 0.6 is 0 Å². The second-order valence-electron chi connectivity index (χ2n) is 4.00. The van der Waals surface area contributed by atoms with E-state index in [1.165, 1.54) is 6.07 Å². The Bertz CT molecular complexity index is 474. The molecule has 5 heteroatoms. The second kappa shape index (κ2) is 4.63. The molecule has 3 N–H and O–H groups in total. The minimum atomic E-state index is -0.787. The third kappa shape index (κ3) is 2.68. The van der Waals surface area contributed by atoms with Crippen molar-refractivity contribution >= 4 is 11.6 Å². The number of carbonyl (C=O) groups is 1. The van der Waals surface area contributed by atoms with Gasteiger partial charge in [-0.1, -0.05) is 12.2 Å².